The van der Waals surface area contributed by atoms with Crippen molar-refractivity contribution in [3.8, 4) is 0 Å². The number of benzene rings is 1. The van der Waals surface area contributed by atoms with E-state index in [2.05, 4.69) is 29.6 Å². The van der Waals surface area contributed by atoms with Crippen LogP contribution >= 0.6 is 0 Å². The van der Waals surface area contributed by atoms with Crippen LogP contribution in [0, 0.1) is 0 Å². The Balaban J connectivity index is 1.79. The first-order valence-corrected chi connectivity index (χ1v) is 4.80. The Hall–Kier alpha value is -0.860. The standard InChI is InChI=1S/C11H15NO/c1-2-4-10(5-3-1)8-12-11-6-7-13-9-11/h1-5,11-12H,6-9H2/t11-/m1/s1. The molecular weight excluding hydrogens is 162 g/mol. The van der Waals surface area contributed by atoms with Crippen LogP contribution in [0.25, 0.3) is 0 Å². The van der Waals surface area contributed by atoms with Crippen LogP contribution in [0.3, 0.4) is 0 Å². The highest BCUT2D eigenvalue weighted by atomic mass is 16.5. The lowest BCUT2D eigenvalue weighted by atomic mass is 10.2. The molecule has 1 aliphatic heterocycles. The van der Waals surface area contributed by atoms with Crippen molar-refractivity contribution in [2.24, 2.45) is 0 Å². The van der Waals surface area contributed by atoms with Crippen molar-refractivity contribution >= 4 is 0 Å². The minimum atomic E-state index is 0.556. The van der Waals surface area contributed by atoms with Gasteiger partial charge in [0.25, 0.3) is 0 Å². The summed E-state index contributed by atoms with van der Waals surface area (Å²) in [6.07, 6.45) is 1.15. The Bertz CT molecular complexity index is 242. The van der Waals surface area contributed by atoms with E-state index in [0.717, 1.165) is 26.2 Å². The fraction of sp³-hybridized carbons (Fsp3) is 0.455. The predicted molar refractivity (Wildman–Crippen MR) is 52.5 cm³/mol. The van der Waals surface area contributed by atoms with Crippen molar-refractivity contribution in [3.05, 3.63) is 35.9 Å². The summed E-state index contributed by atoms with van der Waals surface area (Å²) >= 11 is 0. The smallest absolute Gasteiger partial charge is 0.0620 e. The molecule has 1 atom stereocenters. The molecule has 0 spiro atoms. The van der Waals surface area contributed by atoms with Crippen molar-refractivity contribution in [2.45, 2.75) is 19.0 Å². The zero-order chi connectivity index (χ0) is 8.93. The third kappa shape index (κ3) is 2.54. The van der Waals surface area contributed by atoms with E-state index in [1.807, 2.05) is 6.07 Å². The predicted octanol–water partition coefficient (Wildman–Crippen LogP) is 1.57. The Kier molecular flexibility index (Phi) is 2.95. The lowest BCUT2D eigenvalue weighted by molar-refractivity contribution is 0.190. The van der Waals surface area contributed by atoms with Crippen molar-refractivity contribution in [2.75, 3.05) is 13.2 Å². The Morgan fingerprint density at radius 1 is 1.31 bits per heavy atom. The van der Waals surface area contributed by atoms with Gasteiger partial charge in [-0.1, -0.05) is 30.3 Å². The molecule has 0 radical (unpaired) electrons. The second-order valence-electron chi connectivity index (χ2n) is 3.43. The van der Waals surface area contributed by atoms with Gasteiger partial charge in [-0.15, -0.1) is 0 Å². The maximum atomic E-state index is 5.28. The summed E-state index contributed by atoms with van der Waals surface area (Å²) < 4.78 is 5.28. The molecule has 1 heterocycles. The number of rotatable bonds is 3. The third-order valence-corrected chi connectivity index (χ3v) is 2.37. The molecule has 1 fully saturated rings. The molecule has 0 saturated carbocycles. The fourth-order valence-corrected chi connectivity index (χ4v) is 1.55. The molecule has 13 heavy (non-hydrogen) atoms. The second kappa shape index (κ2) is 4.40. The molecule has 0 unspecified atom stereocenters. The van der Waals surface area contributed by atoms with Gasteiger partial charge >= 0.3 is 0 Å². The van der Waals surface area contributed by atoms with Crippen LogP contribution in [0.15, 0.2) is 30.3 Å². The fourth-order valence-electron chi connectivity index (χ4n) is 1.55. The molecule has 0 aliphatic carbocycles. The van der Waals surface area contributed by atoms with Crippen LogP contribution in [0.2, 0.25) is 0 Å². The van der Waals surface area contributed by atoms with Gasteiger partial charge in [0.1, 0.15) is 0 Å². The largest absolute Gasteiger partial charge is 0.380 e. The highest BCUT2D eigenvalue weighted by Crippen LogP contribution is 2.05. The topological polar surface area (TPSA) is 21.3 Å². The summed E-state index contributed by atoms with van der Waals surface area (Å²) in [5.41, 5.74) is 1.34. The van der Waals surface area contributed by atoms with Gasteiger partial charge in [-0.05, 0) is 12.0 Å². The molecule has 1 aromatic carbocycles. The summed E-state index contributed by atoms with van der Waals surface area (Å²) in [6, 6.07) is 11.0. The van der Waals surface area contributed by atoms with Crippen LogP contribution in [0.5, 0.6) is 0 Å². The quantitative estimate of drug-likeness (QED) is 0.756. The molecule has 1 aliphatic rings. The van der Waals surface area contributed by atoms with Crippen molar-refractivity contribution in [3.63, 3.8) is 0 Å². The first-order valence-electron chi connectivity index (χ1n) is 4.80. The zero-order valence-electron chi connectivity index (χ0n) is 7.70. The first kappa shape index (κ1) is 8.73. The lowest BCUT2D eigenvalue weighted by Gasteiger charge is -2.09. The highest BCUT2D eigenvalue weighted by molar-refractivity contribution is 5.14. The maximum absolute atomic E-state index is 5.28. The van der Waals surface area contributed by atoms with Crippen LogP contribution in [0.4, 0.5) is 0 Å². The van der Waals surface area contributed by atoms with Gasteiger partial charge in [-0.2, -0.15) is 0 Å². The number of hydrogen-bond donors (Lipinski definition) is 1. The Labute approximate surface area is 78.9 Å². The van der Waals surface area contributed by atoms with Crippen LogP contribution in [-0.2, 0) is 11.3 Å². The maximum Gasteiger partial charge on any atom is 0.0620 e. The highest BCUT2D eigenvalue weighted by Gasteiger charge is 2.13. The van der Waals surface area contributed by atoms with Gasteiger partial charge in [-0.3, -0.25) is 0 Å². The molecular formula is C11H15NO. The van der Waals surface area contributed by atoms with Crippen LogP contribution in [-0.4, -0.2) is 19.3 Å². The number of ether oxygens (including phenoxy) is 1. The van der Waals surface area contributed by atoms with E-state index in [0.29, 0.717) is 6.04 Å². The lowest BCUT2D eigenvalue weighted by Crippen LogP contribution is -2.28. The second-order valence-corrected chi connectivity index (χ2v) is 3.43. The van der Waals surface area contributed by atoms with E-state index >= 15 is 0 Å². The number of nitrogens with one attached hydrogen (secondary N) is 1. The molecule has 2 heteroatoms. The van der Waals surface area contributed by atoms with E-state index in [-0.39, 0.29) is 0 Å². The number of hydrogen-bond acceptors (Lipinski definition) is 2. The van der Waals surface area contributed by atoms with Crippen molar-refractivity contribution in [1.82, 2.24) is 5.32 Å². The van der Waals surface area contributed by atoms with Gasteiger partial charge in [0.15, 0.2) is 0 Å². The molecule has 0 amide bonds. The molecule has 70 valence electrons. The summed E-state index contributed by atoms with van der Waals surface area (Å²) in [6.45, 7) is 2.73. The van der Waals surface area contributed by atoms with Crippen LogP contribution in [0.1, 0.15) is 12.0 Å². The Morgan fingerprint density at radius 3 is 2.85 bits per heavy atom. The van der Waals surface area contributed by atoms with Gasteiger partial charge < -0.3 is 10.1 Å². The molecule has 0 aromatic heterocycles. The van der Waals surface area contributed by atoms with Gasteiger partial charge in [0.05, 0.1) is 6.61 Å². The molecule has 1 saturated heterocycles. The summed E-state index contributed by atoms with van der Waals surface area (Å²) in [5, 5.41) is 3.47. The monoisotopic (exact) mass is 177 g/mol. The first-order chi connectivity index (χ1) is 6.45. The minimum Gasteiger partial charge on any atom is -0.380 e. The van der Waals surface area contributed by atoms with Gasteiger partial charge in [0, 0.05) is 19.2 Å². The zero-order valence-corrected chi connectivity index (χ0v) is 7.70. The van der Waals surface area contributed by atoms with Crippen molar-refractivity contribution in [1.29, 1.82) is 0 Å². The van der Waals surface area contributed by atoms with E-state index < -0.39 is 0 Å². The molecule has 1 N–H and O–H groups in total. The summed E-state index contributed by atoms with van der Waals surface area (Å²) in [7, 11) is 0. The average Bonchev–Trinajstić information content (AvgIpc) is 2.69. The SMILES string of the molecule is c1ccc(CN[C@@H]2CCOC2)cc1. The van der Waals surface area contributed by atoms with Gasteiger partial charge in [-0.25, -0.2) is 0 Å². The molecule has 1 aromatic rings. The van der Waals surface area contributed by atoms with E-state index in [1.54, 1.807) is 0 Å². The van der Waals surface area contributed by atoms with E-state index in [9.17, 15) is 0 Å². The summed E-state index contributed by atoms with van der Waals surface area (Å²) in [4.78, 5) is 0. The minimum absolute atomic E-state index is 0.556. The van der Waals surface area contributed by atoms with E-state index in [4.69, 9.17) is 4.74 Å². The average molecular weight is 177 g/mol. The molecule has 2 nitrogen and oxygen atoms in total. The van der Waals surface area contributed by atoms with Gasteiger partial charge in [0.2, 0.25) is 0 Å². The Morgan fingerprint density at radius 2 is 2.15 bits per heavy atom. The normalized spacial score (nSPS) is 22.0. The molecule has 2 rings (SSSR count). The third-order valence-electron chi connectivity index (χ3n) is 2.37. The molecule has 0 bridgehead atoms. The van der Waals surface area contributed by atoms with E-state index in [1.165, 1.54) is 5.56 Å². The van der Waals surface area contributed by atoms with Crippen LogP contribution < -0.4 is 5.32 Å². The van der Waals surface area contributed by atoms with Crippen molar-refractivity contribution < 1.29 is 4.74 Å². The summed E-state index contributed by atoms with van der Waals surface area (Å²) in [5.74, 6) is 0.